The molecule has 0 aliphatic rings. The molecule has 0 unspecified atom stereocenters. The van der Waals surface area contributed by atoms with Crippen LogP contribution in [0.4, 0.5) is 11.6 Å². The summed E-state index contributed by atoms with van der Waals surface area (Å²) in [6.07, 6.45) is 0. The minimum atomic E-state index is -0.237. The lowest BCUT2D eigenvalue weighted by Crippen LogP contribution is -2.17. The first-order chi connectivity index (χ1) is 14.7. The van der Waals surface area contributed by atoms with Gasteiger partial charge in [0.1, 0.15) is 11.5 Å². The van der Waals surface area contributed by atoms with Crippen LogP contribution in [0.1, 0.15) is 11.3 Å². The Morgan fingerprint density at radius 2 is 1.80 bits per heavy atom. The molecule has 9 nitrogen and oxygen atoms in total. The molecular formula is C21H22N6O3. The zero-order chi connectivity index (χ0) is 20.9. The molecule has 0 radical (unpaired) electrons. The molecule has 0 saturated carbocycles. The number of nitrogens with zero attached hydrogens (tertiary/aromatic N) is 3. The number of anilines is 2. The number of rotatable bonds is 8. The Kier molecular flexibility index (Phi) is 5.51. The van der Waals surface area contributed by atoms with Crippen LogP contribution in [0.15, 0.2) is 59.4 Å². The number of ether oxygens (including phenoxy) is 2. The number of nitrogens with one attached hydrogen (secondary N) is 3. The van der Waals surface area contributed by atoms with Crippen LogP contribution < -0.4 is 25.7 Å². The van der Waals surface area contributed by atoms with E-state index in [9.17, 15) is 4.79 Å². The number of methoxy groups -OCH3 is 2. The first-order valence-corrected chi connectivity index (χ1v) is 9.38. The maximum absolute atomic E-state index is 12.5. The lowest BCUT2D eigenvalue weighted by molar-refractivity contribution is 0.395. The molecule has 0 spiro atoms. The number of benzene rings is 2. The van der Waals surface area contributed by atoms with E-state index in [1.807, 2.05) is 42.5 Å². The fourth-order valence-electron chi connectivity index (χ4n) is 3.01. The molecule has 30 heavy (non-hydrogen) atoms. The number of H-pyrrole nitrogens is 1. The summed E-state index contributed by atoms with van der Waals surface area (Å²) in [5.74, 6) is 2.11. The van der Waals surface area contributed by atoms with Crippen LogP contribution in [0.25, 0.3) is 5.78 Å². The summed E-state index contributed by atoms with van der Waals surface area (Å²) in [7, 11) is 3.19. The fourth-order valence-corrected chi connectivity index (χ4v) is 3.01. The number of aromatic nitrogens is 4. The number of fused-ring (bicyclic) bond motifs is 1. The monoisotopic (exact) mass is 406 g/mol. The Labute approximate surface area is 172 Å². The Hall–Kier alpha value is -4.01. The van der Waals surface area contributed by atoms with E-state index >= 15 is 0 Å². The quantitative estimate of drug-likeness (QED) is 0.413. The van der Waals surface area contributed by atoms with Crippen molar-refractivity contribution in [1.29, 1.82) is 0 Å². The van der Waals surface area contributed by atoms with Crippen molar-refractivity contribution in [3.63, 3.8) is 0 Å². The second-order valence-corrected chi connectivity index (χ2v) is 6.55. The molecule has 2 heterocycles. The van der Waals surface area contributed by atoms with Crippen molar-refractivity contribution >= 4 is 17.4 Å². The summed E-state index contributed by atoms with van der Waals surface area (Å²) in [6.45, 7) is 0.926. The molecule has 0 aliphatic carbocycles. The van der Waals surface area contributed by atoms with Crippen LogP contribution in [0.2, 0.25) is 0 Å². The van der Waals surface area contributed by atoms with Crippen molar-refractivity contribution in [3.05, 3.63) is 76.2 Å². The predicted molar refractivity (Wildman–Crippen MR) is 114 cm³/mol. The van der Waals surface area contributed by atoms with Gasteiger partial charge in [-0.1, -0.05) is 30.3 Å². The number of aromatic amines is 1. The summed E-state index contributed by atoms with van der Waals surface area (Å²) in [6, 6.07) is 16.9. The van der Waals surface area contributed by atoms with Gasteiger partial charge in [-0.3, -0.25) is 9.89 Å². The molecular weight excluding hydrogens is 384 g/mol. The largest absolute Gasteiger partial charge is 0.497 e. The van der Waals surface area contributed by atoms with Gasteiger partial charge in [-0.2, -0.15) is 9.50 Å². The van der Waals surface area contributed by atoms with Crippen LogP contribution in [0.3, 0.4) is 0 Å². The third-order valence-electron chi connectivity index (χ3n) is 4.56. The first-order valence-electron chi connectivity index (χ1n) is 9.38. The summed E-state index contributed by atoms with van der Waals surface area (Å²) < 4.78 is 11.9. The smallest absolute Gasteiger partial charge is 0.274 e. The van der Waals surface area contributed by atoms with E-state index in [0.29, 0.717) is 42.0 Å². The van der Waals surface area contributed by atoms with Gasteiger partial charge < -0.3 is 20.1 Å². The Morgan fingerprint density at radius 1 is 0.967 bits per heavy atom. The first kappa shape index (κ1) is 19.3. The van der Waals surface area contributed by atoms with Crippen molar-refractivity contribution in [2.75, 3.05) is 24.9 Å². The number of hydrogen-bond donors (Lipinski definition) is 3. The van der Waals surface area contributed by atoms with E-state index in [2.05, 4.69) is 25.7 Å². The molecule has 0 fully saturated rings. The second-order valence-electron chi connectivity index (χ2n) is 6.55. The maximum Gasteiger partial charge on any atom is 0.274 e. The average molecular weight is 406 g/mol. The summed E-state index contributed by atoms with van der Waals surface area (Å²) in [5, 5.41) is 9.33. The molecule has 9 heteroatoms. The summed E-state index contributed by atoms with van der Waals surface area (Å²) >= 11 is 0. The molecule has 154 valence electrons. The third kappa shape index (κ3) is 4.19. The molecule has 0 aliphatic heterocycles. The average Bonchev–Trinajstić information content (AvgIpc) is 3.20. The van der Waals surface area contributed by atoms with E-state index in [-0.39, 0.29) is 5.56 Å². The van der Waals surface area contributed by atoms with Crippen LogP contribution in [-0.2, 0) is 13.1 Å². The minimum absolute atomic E-state index is 0.237. The van der Waals surface area contributed by atoms with E-state index < -0.39 is 0 Å². The van der Waals surface area contributed by atoms with Crippen molar-refractivity contribution in [3.8, 4) is 11.5 Å². The van der Waals surface area contributed by atoms with Crippen molar-refractivity contribution in [2.24, 2.45) is 0 Å². The number of hydrogen-bond acceptors (Lipinski definition) is 7. The van der Waals surface area contributed by atoms with E-state index in [1.54, 1.807) is 20.3 Å². The minimum Gasteiger partial charge on any atom is -0.497 e. The van der Waals surface area contributed by atoms with Gasteiger partial charge in [-0.05, 0) is 17.7 Å². The van der Waals surface area contributed by atoms with Crippen molar-refractivity contribution in [1.82, 2.24) is 19.6 Å². The SMILES string of the molecule is COc1ccc(NCc2cc(=O)n3[nH]c(NCc4ccccc4)nc3n2)c(OC)c1. The van der Waals surface area contributed by atoms with Gasteiger partial charge in [0.2, 0.25) is 5.95 Å². The highest BCUT2D eigenvalue weighted by atomic mass is 16.5. The molecule has 3 N–H and O–H groups in total. The molecule has 2 aromatic heterocycles. The lowest BCUT2D eigenvalue weighted by atomic mass is 10.2. The van der Waals surface area contributed by atoms with Crippen molar-refractivity contribution in [2.45, 2.75) is 13.1 Å². The van der Waals surface area contributed by atoms with Crippen LogP contribution >= 0.6 is 0 Å². The topological polar surface area (TPSA) is 106 Å². The van der Waals surface area contributed by atoms with Crippen LogP contribution in [0, 0.1) is 0 Å². The van der Waals surface area contributed by atoms with E-state index in [4.69, 9.17) is 9.47 Å². The van der Waals surface area contributed by atoms with Gasteiger partial charge in [-0.25, -0.2) is 4.98 Å². The zero-order valence-electron chi connectivity index (χ0n) is 16.7. The summed E-state index contributed by atoms with van der Waals surface area (Å²) in [4.78, 5) is 21.3. The van der Waals surface area contributed by atoms with Gasteiger partial charge in [0.05, 0.1) is 32.1 Å². The zero-order valence-corrected chi connectivity index (χ0v) is 16.7. The molecule has 2 aromatic carbocycles. The maximum atomic E-state index is 12.5. The predicted octanol–water partition coefficient (Wildman–Crippen LogP) is 2.66. The second kappa shape index (κ2) is 8.56. The standard InChI is InChI=1S/C21H22N6O3/c1-29-16-8-9-17(18(11-16)30-2)22-13-15-10-19(28)27-21(24-15)25-20(26-27)23-12-14-6-4-3-5-7-14/h3-11,22H,12-13H2,1-2H3,(H2,23,24,25,26). The van der Waals surface area contributed by atoms with Gasteiger partial charge in [0, 0.05) is 18.7 Å². The molecule has 0 atom stereocenters. The van der Waals surface area contributed by atoms with Crippen LogP contribution in [-0.4, -0.2) is 33.8 Å². The normalized spacial score (nSPS) is 10.7. The van der Waals surface area contributed by atoms with Gasteiger partial charge in [-0.15, -0.1) is 0 Å². The Balaban J connectivity index is 1.49. The van der Waals surface area contributed by atoms with Gasteiger partial charge in [0.25, 0.3) is 11.3 Å². The highest BCUT2D eigenvalue weighted by Gasteiger charge is 2.10. The fraction of sp³-hybridized carbons (Fsp3) is 0.190. The van der Waals surface area contributed by atoms with Crippen molar-refractivity contribution < 1.29 is 9.47 Å². The highest BCUT2D eigenvalue weighted by Crippen LogP contribution is 2.29. The summed E-state index contributed by atoms with van der Waals surface area (Å²) in [5.41, 5.74) is 2.21. The van der Waals surface area contributed by atoms with E-state index in [1.165, 1.54) is 10.6 Å². The third-order valence-corrected chi connectivity index (χ3v) is 4.56. The van der Waals surface area contributed by atoms with Crippen LogP contribution in [0.5, 0.6) is 11.5 Å². The lowest BCUT2D eigenvalue weighted by Gasteiger charge is -2.12. The highest BCUT2D eigenvalue weighted by molar-refractivity contribution is 5.59. The molecule has 0 saturated heterocycles. The molecule has 4 aromatic rings. The molecule has 4 rings (SSSR count). The van der Waals surface area contributed by atoms with E-state index in [0.717, 1.165) is 11.3 Å². The Morgan fingerprint density at radius 3 is 2.57 bits per heavy atom. The van der Waals surface area contributed by atoms with Gasteiger partial charge in [0.15, 0.2) is 0 Å². The van der Waals surface area contributed by atoms with Gasteiger partial charge >= 0.3 is 0 Å². The Bertz CT molecular complexity index is 1200. The molecule has 0 bridgehead atoms. The molecule has 0 amide bonds.